The highest BCUT2D eigenvalue weighted by atomic mass is 35.5. The molecule has 1 saturated carbocycles. The third-order valence-corrected chi connectivity index (χ3v) is 4.52. The summed E-state index contributed by atoms with van der Waals surface area (Å²) >= 11 is 6.20. The van der Waals surface area contributed by atoms with Gasteiger partial charge in [-0.1, -0.05) is 36.9 Å². The lowest BCUT2D eigenvalue weighted by atomic mass is 9.96. The lowest BCUT2D eigenvalue weighted by molar-refractivity contribution is 0.328. The zero-order valence-corrected chi connectivity index (χ0v) is 13.2. The van der Waals surface area contributed by atoms with Crippen LogP contribution < -0.4 is 5.32 Å². The predicted molar refractivity (Wildman–Crippen MR) is 87.9 cm³/mol. The van der Waals surface area contributed by atoms with Gasteiger partial charge in [0.05, 0.1) is 29.0 Å². The van der Waals surface area contributed by atoms with E-state index in [0.29, 0.717) is 12.6 Å². The SMILES string of the molecule is Cc1ccc(Cl)c(NCc2ccn(C3CCCCC3)n2)c1. The van der Waals surface area contributed by atoms with Crippen molar-refractivity contribution in [2.75, 3.05) is 5.32 Å². The van der Waals surface area contributed by atoms with Gasteiger partial charge in [0.15, 0.2) is 0 Å². The van der Waals surface area contributed by atoms with E-state index in [2.05, 4.69) is 35.3 Å². The van der Waals surface area contributed by atoms with E-state index in [1.54, 1.807) is 0 Å². The highest BCUT2D eigenvalue weighted by Gasteiger charge is 2.15. The van der Waals surface area contributed by atoms with E-state index in [1.165, 1.54) is 37.7 Å². The summed E-state index contributed by atoms with van der Waals surface area (Å²) in [6, 6.07) is 8.71. The molecule has 4 heteroatoms. The van der Waals surface area contributed by atoms with Crippen LogP contribution in [0.3, 0.4) is 0 Å². The minimum atomic E-state index is 0.593. The van der Waals surface area contributed by atoms with E-state index in [-0.39, 0.29) is 0 Å². The molecular formula is C17H22ClN3. The van der Waals surface area contributed by atoms with Gasteiger partial charge in [0.2, 0.25) is 0 Å². The molecule has 2 aromatic rings. The number of hydrogen-bond donors (Lipinski definition) is 1. The van der Waals surface area contributed by atoms with Gasteiger partial charge in [-0.05, 0) is 43.5 Å². The third-order valence-electron chi connectivity index (χ3n) is 4.19. The molecule has 0 atom stereocenters. The van der Waals surface area contributed by atoms with Crippen LogP contribution in [0.1, 0.15) is 49.4 Å². The maximum atomic E-state index is 6.20. The van der Waals surface area contributed by atoms with Crippen molar-refractivity contribution in [3.8, 4) is 0 Å². The normalized spacial score (nSPS) is 16.1. The number of rotatable bonds is 4. The lowest BCUT2D eigenvalue weighted by Crippen LogP contribution is -2.13. The number of hydrogen-bond acceptors (Lipinski definition) is 2. The zero-order valence-electron chi connectivity index (χ0n) is 12.5. The van der Waals surface area contributed by atoms with Crippen LogP contribution in [0.4, 0.5) is 5.69 Å². The zero-order chi connectivity index (χ0) is 14.7. The number of nitrogens with zero attached hydrogens (tertiary/aromatic N) is 2. The quantitative estimate of drug-likeness (QED) is 0.865. The average Bonchev–Trinajstić information content (AvgIpc) is 2.98. The minimum Gasteiger partial charge on any atom is -0.378 e. The molecule has 0 aliphatic heterocycles. The van der Waals surface area contributed by atoms with Gasteiger partial charge in [0.25, 0.3) is 0 Å². The molecule has 0 saturated heterocycles. The molecule has 1 aliphatic carbocycles. The summed E-state index contributed by atoms with van der Waals surface area (Å²) in [6.45, 7) is 2.78. The fourth-order valence-electron chi connectivity index (χ4n) is 2.98. The molecule has 0 bridgehead atoms. The molecule has 112 valence electrons. The van der Waals surface area contributed by atoms with Crippen LogP contribution in [0.2, 0.25) is 5.02 Å². The van der Waals surface area contributed by atoms with Gasteiger partial charge in [0.1, 0.15) is 0 Å². The summed E-state index contributed by atoms with van der Waals surface area (Å²) in [7, 11) is 0. The van der Waals surface area contributed by atoms with Crippen LogP contribution in [0, 0.1) is 6.92 Å². The Balaban J connectivity index is 1.63. The van der Waals surface area contributed by atoms with E-state index in [9.17, 15) is 0 Å². The smallest absolute Gasteiger partial charge is 0.0815 e. The largest absolute Gasteiger partial charge is 0.378 e. The molecule has 1 heterocycles. The maximum absolute atomic E-state index is 6.20. The topological polar surface area (TPSA) is 29.9 Å². The Morgan fingerprint density at radius 2 is 2.05 bits per heavy atom. The number of aromatic nitrogens is 2. The van der Waals surface area contributed by atoms with Crippen molar-refractivity contribution in [3.05, 3.63) is 46.7 Å². The molecule has 0 unspecified atom stereocenters. The average molecular weight is 304 g/mol. The number of halogens is 1. The second-order valence-corrected chi connectivity index (χ2v) is 6.32. The monoisotopic (exact) mass is 303 g/mol. The van der Waals surface area contributed by atoms with Crippen molar-refractivity contribution in [1.29, 1.82) is 0 Å². The van der Waals surface area contributed by atoms with Gasteiger partial charge >= 0.3 is 0 Å². The number of nitrogens with one attached hydrogen (secondary N) is 1. The predicted octanol–water partition coefficient (Wildman–Crippen LogP) is 4.96. The highest BCUT2D eigenvalue weighted by molar-refractivity contribution is 6.33. The molecule has 0 amide bonds. The van der Waals surface area contributed by atoms with Crippen molar-refractivity contribution in [2.45, 2.75) is 51.6 Å². The van der Waals surface area contributed by atoms with Crippen LogP contribution in [0.15, 0.2) is 30.5 Å². The van der Waals surface area contributed by atoms with E-state index in [0.717, 1.165) is 16.4 Å². The number of aryl methyl sites for hydroxylation is 1. The van der Waals surface area contributed by atoms with Crippen LogP contribution in [0.25, 0.3) is 0 Å². The first kappa shape index (κ1) is 14.5. The van der Waals surface area contributed by atoms with Gasteiger partial charge in [-0.25, -0.2) is 0 Å². The molecule has 1 aromatic heterocycles. The summed E-state index contributed by atoms with van der Waals surface area (Å²) < 4.78 is 2.15. The van der Waals surface area contributed by atoms with Gasteiger partial charge < -0.3 is 5.32 Å². The lowest BCUT2D eigenvalue weighted by Gasteiger charge is -2.21. The van der Waals surface area contributed by atoms with Crippen molar-refractivity contribution < 1.29 is 0 Å². The summed E-state index contributed by atoms with van der Waals surface area (Å²) in [5.74, 6) is 0. The van der Waals surface area contributed by atoms with Gasteiger partial charge in [-0.15, -0.1) is 0 Å². The number of anilines is 1. The molecule has 1 N–H and O–H groups in total. The van der Waals surface area contributed by atoms with E-state index < -0.39 is 0 Å². The van der Waals surface area contributed by atoms with Gasteiger partial charge in [-0.3, -0.25) is 4.68 Å². The fraction of sp³-hybridized carbons (Fsp3) is 0.471. The Kier molecular flexibility index (Phi) is 4.49. The fourth-order valence-corrected chi connectivity index (χ4v) is 3.17. The Bertz CT molecular complexity index is 600. The van der Waals surface area contributed by atoms with Crippen molar-refractivity contribution in [3.63, 3.8) is 0 Å². The summed E-state index contributed by atoms with van der Waals surface area (Å²) in [4.78, 5) is 0. The molecule has 3 rings (SSSR count). The van der Waals surface area contributed by atoms with Crippen molar-refractivity contribution >= 4 is 17.3 Å². The summed E-state index contributed by atoms with van der Waals surface area (Å²) in [5, 5.41) is 8.85. The Morgan fingerprint density at radius 1 is 1.24 bits per heavy atom. The highest BCUT2D eigenvalue weighted by Crippen LogP contribution is 2.27. The first-order valence-corrected chi connectivity index (χ1v) is 8.14. The Hall–Kier alpha value is -1.48. The van der Waals surface area contributed by atoms with E-state index >= 15 is 0 Å². The second kappa shape index (κ2) is 6.52. The van der Waals surface area contributed by atoms with Crippen LogP contribution >= 0.6 is 11.6 Å². The van der Waals surface area contributed by atoms with Crippen molar-refractivity contribution in [1.82, 2.24) is 9.78 Å². The second-order valence-electron chi connectivity index (χ2n) is 5.92. The first-order valence-electron chi connectivity index (χ1n) is 7.76. The molecule has 0 spiro atoms. The van der Waals surface area contributed by atoms with E-state index in [1.807, 2.05) is 12.1 Å². The molecule has 21 heavy (non-hydrogen) atoms. The molecular weight excluding hydrogens is 282 g/mol. The van der Waals surface area contributed by atoms with Crippen LogP contribution in [-0.4, -0.2) is 9.78 Å². The van der Waals surface area contributed by atoms with Crippen LogP contribution in [0.5, 0.6) is 0 Å². The standard InChI is InChI=1S/C17H22ClN3/c1-13-7-8-16(18)17(11-13)19-12-14-9-10-21(20-14)15-5-3-2-4-6-15/h7-11,15,19H,2-6,12H2,1H3. The van der Waals surface area contributed by atoms with Crippen LogP contribution in [-0.2, 0) is 6.54 Å². The first-order chi connectivity index (χ1) is 10.2. The minimum absolute atomic E-state index is 0.593. The van der Waals surface area contributed by atoms with Crippen molar-refractivity contribution in [2.24, 2.45) is 0 Å². The van der Waals surface area contributed by atoms with Gasteiger partial charge in [-0.2, -0.15) is 5.10 Å². The molecule has 3 nitrogen and oxygen atoms in total. The number of benzene rings is 1. The molecule has 1 fully saturated rings. The summed E-state index contributed by atoms with van der Waals surface area (Å²) in [5.41, 5.74) is 3.25. The third kappa shape index (κ3) is 3.59. The Labute approximate surface area is 131 Å². The van der Waals surface area contributed by atoms with Gasteiger partial charge in [0, 0.05) is 6.20 Å². The molecule has 1 aliphatic rings. The molecule has 0 radical (unpaired) electrons. The molecule has 1 aromatic carbocycles. The summed E-state index contributed by atoms with van der Waals surface area (Å²) in [6.07, 6.45) is 8.67. The maximum Gasteiger partial charge on any atom is 0.0815 e. The Morgan fingerprint density at radius 3 is 2.86 bits per heavy atom. The van der Waals surface area contributed by atoms with E-state index in [4.69, 9.17) is 16.7 Å².